The second-order valence-electron chi connectivity index (χ2n) is 8.30. The topological polar surface area (TPSA) is 208 Å². The summed E-state index contributed by atoms with van der Waals surface area (Å²) in [4.78, 5) is 70.6. The Balaban J connectivity index is 1.63. The molecule has 0 aliphatic carbocycles. The van der Waals surface area contributed by atoms with Crippen LogP contribution in [0, 0.1) is 0 Å². The molecular formula is C25H34N4O11. The third-order valence-corrected chi connectivity index (χ3v) is 5.34. The summed E-state index contributed by atoms with van der Waals surface area (Å²) in [6.07, 6.45) is 0.648. The van der Waals surface area contributed by atoms with Gasteiger partial charge in [-0.25, -0.2) is 0 Å². The number of nitrogens with one attached hydrogen (secondary N) is 4. The minimum absolute atomic E-state index is 0.0106. The first-order valence-electron chi connectivity index (χ1n) is 12.6. The van der Waals surface area contributed by atoms with Gasteiger partial charge in [0.2, 0.25) is 17.7 Å². The summed E-state index contributed by atoms with van der Waals surface area (Å²) < 4.78 is 21.4. The van der Waals surface area contributed by atoms with E-state index >= 15 is 0 Å². The van der Waals surface area contributed by atoms with Gasteiger partial charge < -0.3 is 40.0 Å². The SMILES string of the molecule is O=Cc1cccc(OCC(=O)NCCOCCOCCOCCNC(=O)CO)c1C(=O)NC1CCC(=O)NC1=O. The first kappa shape index (κ1) is 32.3. The van der Waals surface area contributed by atoms with Crippen LogP contribution >= 0.6 is 0 Å². The quantitative estimate of drug-likeness (QED) is 0.0683. The van der Waals surface area contributed by atoms with Crippen molar-refractivity contribution < 1.29 is 52.8 Å². The number of aliphatic hydroxyl groups excluding tert-OH is 1. The van der Waals surface area contributed by atoms with Crippen LogP contribution in [0.5, 0.6) is 5.75 Å². The number of imide groups is 1. The van der Waals surface area contributed by atoms with Gasteiger partial charge in [0.05, 0.1) is 45.2 Å². The summed E-state index contributed by atoms with van der Waals surface area (Å²) >= 11 is 0. The van der Waals surface area contributed by atoms with Crippen molar-refractivity contribution in [2.75, 3.05) is 65.9 Å². The van der Waals surface area contributed by atoms with E-state index in [1.807, 2.05) is 0 Å². The van der Waals surface area contributed by atoms with Gasteiger partial charge in [-0.15, -0.1) is 0 Å². The van der Waals surface area contributed by atoms with Gasteiger partial charge in [0.1, 0.15) is 18.4 Å². The largest absolute Gasteiger partial charge is 0.483 e. The van der Waals surface area contributed by atoms with Crippen molar-refractivity contribution in [2.45, 2.75) is 18.9 Å². The van der Waals surface area contributed by atoms with E-state index in [0.717, 1.165) is 0 Å². The number of carbonyl (C=O) groups is 6. The van der Waals surface area contributed by atoms with Gasteiger partial charge in [0.15, 0.2) is 12.9 Å². The molecule has 1 fully saturated rings. The Hall–Kier alpha value is -3.92. The molecule has 0 spiro atoms. The molecule has 1 heterocycles. The van der Waals surface area contributed by atoms with Crippen LogP contribution in [-0.4, -0.2) is 113 Å². The lowest BCUT2D eigenvalue weighted by molar-refractivity contribution is -0.134. The molecule has 1 aliphatic rings. The van der Waals surface area contributed by atoms with E-state index in [9.17, 15) is 28.8 Å². The molecule has 1 unspecified atom stereocenters. The molecule has 1 saturated heterocycles. The molecule has 5 amide bonds. The zero-order valence-corrected chi connectivity index (χ0v) is 21.9. The molecule has 220 valence electrons. The van der Waals surface area contributed by atoms with Crippen LogP contribution in [0.2, 0.25) is 0 Å². The first-order chi connectivity index (χ1) is 19.3. The van der Waals surface area contributed by atoms with Gasteiger partial charge in [-0.05, 0) is 12.5 Å². The lowest BCUT2D eigenvalue weighted by Crippen LogP contribution is -2.52. The van der Waals surface area contributed by atoms with E-state index in [0.29, 0.717) is 45.9 Å². The maximum absolute atomic E-state index is 12.8. The molecule has 0 radical (unpaired) electrons. The third kappa shape index (κ3) is 11.9. The van der Waals surface area contributed by atoms with Crippen molar-refractivity contribution in [3.8, 4) is 5.75 Å². The van der Waals surface area contributed by atoms with Gasteiger partial charge in [-0.1, -0.05) is 12.1 Å². The van der Waals surface area contributed by atoms with Crippen LogP contribution in [0.1, 0.15) is 33.6 Å². The number of aliphatic hydroxyl groups is 1. The fourth-order valence-electron chi connectivity index (χ4n) is 3.39. The number of amides is 5. The minimum Gasteiger partial charge on any atom is -0.483 e. The third-order valence-electron chi connectivity index (χ3n) is 5.34. The molecule has 1 atom stereocenters. The van der Waals surface area contributed by atoms with Crippen LogP contribution < -0.4 is 26.0 Å². The number of aldehydes is 1. The van der Waals surface area contributed by atoms with Gasteiger partial charge in [0.25, 0.3) is 11.8 Å². The van der Waals surface area contributed by atoms with Crippen molar-refractivity contribution in [1.82, 2.24) is 21.3 Å². The highest BCUT2D eigenvalue weighted by Crippen LogP contribution is 2.22. The van der Waals surface area contributed by atoms with Crippen molar-refractivity contribution in [3.63, 3.8) is 0 Å². The van der Waals surface area contributed by atoms with Gasteiger partial charge in [-0.2, -0.15) is 0 Å². The molecule has 15 nitrogen and oxygen atoms in total. The Bertz CT molecular complexity index is 1030. The average Bonchev–Trinajstić information content (AvgIpc) is 2.95. The normalized spacial score (nSPS) is 14.7. The Morgan fingerprint density at radius 1 is 0.950 bits per heavy atom. The van der Waals surface area contributed by atoms with Crippen molar-refractivity contribution in [3.05, 3.63) is 29.3 Å². The van der Waals surface area contributed by atoms with Crippen molar-refractivity contribution >= 4 is 35.8 Å². The highest BCUT2D eigenvalue weighted by atomic mass is 16.5. The first-order valence-corrected chi connectivity index (χ1v) is 12.6. The molecule has 0 bridgehead atoms. The summed E-state index contributed by atoms with van der Waals surface area (Å²) in [5.41, 5.74) is -0.117. The summed E-state index contributed by atoms with van der Waals surface area (Å²) in [6, 6.07) is 3.36. The van der Waals surface area contributed by atoms with Crippen molar-refractivity contribution in [2.24, 2.45) is 0 Å². The molecule has 0 aromatic heterocycles. The van der Waals surface area contributed by atoms with Crippen LogP contribution in [-0.2, 0) is 33.4 Å². The van der Waals surface area contributed by atoms with Gasteiger partial charge >= 0.3 is 0 Å². The predicted octanol–water partition coefficient (Wildman–Crippen LogP) is -2.31. The van der Waals surface area contributed by atoms with Gasteiger partial charge in [-0.3, -0.25) is 34.1 Å². The second-order valence-corrected chi connectivity index (χ2v) is 8.30. The van der Waals surface area contributed by atoms with E-state index in [-0.39, 0.29) is 42.9 Å². The molecule has 15 heteroatoms. The number of carbonyl (C=O) groups excluding carboxylic acids is 6. The lowest BCUT2D eigenvalue weighted by Gasteiger charge is -2.22. The van der Waals surface area contributed by atoms with E-state index in [4.69, 9.17) is 24.1 Å². The van der Waals surface area contributed by atoms with Crippen LogP contribution in [0.4, 0.5) is 0 Å². The Morgan fingerprint density at radius 3 is 2.17 bits per heavy atom. The number of hydrogen-bond acceptors (Lipinski definition) is 11. The average molecular weight is 567 g/mol. The summed E-state index contributed by atoms with van der Waals surface area (Å²) in [7, 11) is 0. The Kier molecular flexibility index (Phi) is 14.8. The van der Waals surface area contributed by atoms with Crippen LogP contribution in [0.25, 0.3) is 0 Å². The molecule has 2 rings (SSSR count). The zero-order valence-electron chi connectivity index (χ0n) is 21.9. The summed E-state index contributed by atoms with van der Waals surface area (Å²) in [5.74, 6) is -2.79. The van der Waals surface area contributed by atoms with Crippen LogP contribution in [0.15, 0.2) is 18.2 Å². The zero-order chi connectivity index (χ0) is 29.2. The smallest absolute Gasteiger partial charge is 0.258 e. The fourth-order valence-corrected chi connectivity index (χ4v) is 3.39. The summed E-state index contributed by atoms with van der Waals surface area (Å²) in [5, 5.41) is 18.2. The van der Waals surface area contributed by atoms with Gasteiger partial charge in [0, 0.05) is 25.1 Å². The van der Waals surface area contributed by atoms with E-state index in [2.05, 4.69) is 21.3 Å². The number of ether oxygens (including phenoxy) is 4. The van der Waals surface area contributed by atoms with E-state index < -0.39 is 48.8 Å². The maximum atomic E-state index is 12.8. The number of piperidine rings is 1. The Morgan fingerprint density at radius 2 is 1.57 bits per heavy atom. The standard InChI is InChI=1S/C25H34N4O11/c30-14-17-2-1-3-19(23(17)25(36)28-18-4-5-20(32)29-24(18)35)40-16-22(34)27-7-9-38-11-13-39-12-10-37-8-6-26-21(33)15-31/h1-3,14,18,31H,4-13,15-16H2,(H,26,33)(H,27,34)(H,28,36)(H,29,32,35). The highest BCUT2D eigenvalue weighted by Gasteiger charge is 2.29. The van der Waals surface area contributed by atoms with E-state index in [1.165, 1.54) is 18.2 Å². The molecular weight excluding hydrogens is 532 g/mol. The molecule has 1 aromatic carbocycles. The fraction of sp³-hybridized carbons (Fsp3) is 0.520. The minimum atomic E-state index is -0.946. The Labute approximate surface area is 230 Å². The molecule has 40 heavy (non-hydrogen) atoms. The monoisotopic (exact) mass is 566 g/mol. The molecule has 5 N–H and O–H groups in total. The van der Waals surface area contributed by atoms with Crippen LogP contribution in [0.3, 0.4) is 0 Å². The number of hydrogen-bond donors (Lipinski definition) is 5. The lowest BCUT2D eigenvalue weighted by atomic mass is 10.0. The highest BCUT2D eigenvalue weighted by molar-refractivity contribution is 6.07. The molecule has 0 saturated carbocycles. The molecule has 1 aromatic rings. The second kappa shape index (κ2) is 18.4. The predicted molar refractivity (Wildman–Crippen MR) is 137 cm³/mol. The van der Waals surface area contributed by atoms with E-state index in [1.54, 1.807) is 0 Å². The van der Waals surface area contributed by atoms with Crippen molar-refractivity contribution in [1.29, 1.82) is 0 Å². The maximum Gasteiger partial charge on any atom is 0.258 e. The number of rotatable bonds is 19. The number of benzene rings is 1. The molecule has 1 aliphatic heterocycles. The summed E-state index contributed by atoms with van der Waals surface area (Å²) in [6.45, 7) is 1.30.